The molecule has 10 nitrogen and oxygen atoms in total. The minimum Gasteiger partial charge on any atom is -0.508 e. The number of aromatic hydroxyl groups is 8. The third kappa shape index (κ3) is 5.23. The molecule has 36 heavy (non-hydrogen) atoms. The molecule has 0 saturated carbocycles. The van der Waals surface area contributed by atoms with Gasteiger partial charge in [0, 0.05) is 11.1 Å². The van der Waals surface area contributed by atoms with Gasteiger partial charge < -0.3 is 40.9 Å². The van der Waals surface area contributed by atoms with Gasteiger partial charge in [-0.3, -0.25) is 9.59 Å². The van der Waals surface area contributed by atoms with Crippen LogP contribution >= 0.6 is 0 Å². The van der Waals surface area contributed by atoms with E-state index in [2.05, 4.69) is 0 Å². The minimum absolute atomic E-state index is 0.0802. The molecule has 0 aliphatic heterocycles. The zero-order chi connectivity index (χ0) is 26.6. The second-order valence-electron chi connectivity index (χ2n) is 7.42. The number of rotatable bonds is 4. The second-order valence-corrected chi connectivity index (χ2v) is 7.42. The van der Waals surface area contributed by atoms with E-state index in [0.717, 1.165) is 12.1 Å². The molecule has 184 valence electrons. The first-order valence-corrected chi connectivity index (χ1v) is 10.2. The molecular formula is C26H20O10. The van der Waals surface area contributed by atoms with Gasteiger partial charge in [0.05, 0.1) is 11.1 Å². The third-order valence-electron chi connectivity index (χ3n) is 4.97. The Balaban J connectivity index is 0.000000201. The van der Waals surface area contributed by atoms with E-state index in [9.17, 15) is 40.2 Å². The van der Waals surface area contributed by atoms with Crippen molar-refractivity contribution >= 4 is 11.6 Å². The molecule has 0 spiro atoms. The number of phenols is 8. The van der Waals surface area contributed by atoms with Gasteiger partial charge in [0.1, 0.15) is 11.5 Å². The maximum Gasteiger partial charge on any atom is 0.201 e. The topological polar surface area (TPSA) is 196 Å². The van der Waals surface area contributed by atoms with Gasteiger partial charge >= 0.3 is 0 Å². The standard InChI is InChI=1S/2C13H10O5/c2*14-8-3-1-2-7(6-8)11(16)9-4-5-10(15)13(18)12(9)17/h2*1-6,14-15,17-18H. The summed E-state index contributed by atoms with van der Waals surface area (Å²) in [4.78, 5) is 24.0. The molecule has 0 heterocycles. The van der Waals surface area contributed by atoms with Crippen molar-refractivity contribution in [3.8, 4) is 46.0 Å². The van der Waals surface area contributed by atoms with E-state index in [1.165, 1.54) is 60.7 Å². The molecule has 8 N–H and O–H groups in total. The van der Waals surface area contributed by atoms with Crippen LogP contribution in [0.1, 0.15) is 31.8 Å². The Morgan fingerprint density at radius 1 is 0.444 bits per heavy atom. The fourth-order valence-corrected chi connectivity index (χ4v) is 3.11. The highest BCUT2D eigenvalue weighted by atomic mass is 16.3. The average Bonchev–Trinajstić information content (AvgIpc) is 2.86. The lowest BCUT2D eigenvalue weighted by Gasteiger charge is -2.07. The first-order valence-electron chi connectivity index (χ1n) is 10.2. The maximum atomic E-state index is 12.0. The molecule has 0 fully saturated rings. The Morgan fingerprint density at radius 2 is 0.806 bits per heavy atom. The summed E-state index contributed by atoms with van der Waals surface area (Å²) in [5.74, 6) is -5.21. The van der Waals surface area contributed by atoms with Crippen molar-refractivity contribution < 1.29 is 50.4 Å². The summed E-state index contributed by atoms with van der Waals surface area (Å²) in [5.41, 5.74) is 0.0116. The molecule has 0 atom stereocenters. The fraction of sp³-hybridized carbons (Fsp3) is 0. The summed E-state index contributed by atoms with van der Waals surface area (Å²) in [6.07, 6.45) is 0. The average molecular weight is 492 g/mol. The predicted octanol–water partition coefficient (Wildman–Crippen LogP) is 3.48. The van der Waals surface area contributed by atoms with E-state index >= 15 is 0 Å². The van der Waals surface area contributed by atoms with Crippen molar-refractivity contribution in [1.29, 1.82) is 0 Å². The SMILES string of the molecule is O=C(c1cccc(O)c1)c1ccc(O)c(O)c1O.O=C(c1cccc(O)c1)c1ccc(O)c(O)c1O. The summed E-state index contributed by atoms with van der Waals surface area (Å²) < 4.78 is 0. The molecule has 0 aromatic heterocycles. The van der Waals surface area contributed by atoms with Gasteiger partial charge in [-0.1, -0.05) is 24.3 Å². The minimum atomic E-state index is -0.749. The summed E-state index contributed by atoms with van der Waals surface area (Å²) in [6, 6.07) is 15.8. The van der Waals surface area contributed by atoms with Crippen LogP contribution in [0.2, 0.25) is 0 Å². The van der Waals surface area contributed by atoms with Crippen LogP contribution in [0, 0.1) is 0 Å². The largest absolute Gasteiger partial charge is 0.508 e. The summed E-state index contributed by atoms with van der Waals surface area (Å²) in [5, 5.41) is 74.7. The summed E-state index contributed by atoms with van der Waals surface area (Å²) >= 11 is 0. The van der Waals surface area contributed by atoms with Crippen LogP contribution in [0.15, 0.2) is 72.8 Å². The monoisotopic (exact) mass is 492 g/mol. The van der Waals surface area contributed by atoms with Crippen LogP contribution in [0.4, 0.5) is 0 Å². The second kappa shape index (κ2) is 10.3. The van der Waals surface area contributed by atoms with E-state index in [0.29, 0.717) is 0 Å². The third-order valence-corrected chi connectivity index (χ3v) is 4.97. The van der Waals surface area contributed by atoms with Crippen molar-refractivity contribution in [2.75, 3.05) is 0 Å². The fourth-order valence-electron chi connectivity index (χ4n) is 3.11. The Bertz CT molecular complexity index is 1350. The molecule has 4 aromatic rings. The van der Waals surface area contributed by atoms with E-state index in [-0.39, 0.29) is 33.8 Å². The number of carbonyl (C=O) groups excluding carboxylic acids is 2. The zero-order valence-corrected chi connectivity index (χ0v) is 18.3. The molecule has 4 rings (SSSR count). The van der Waals surface area contributed by atoms with Crippen LogP contribution < -0.4 is 0 Å². The lowest BCUT2D eigenvalue weighted by atomic mass is 10.0. The number of carbonyl (C=O) groups is 2. The Kier molecular flexibility index (Phi) is 7.20. The number of benzene rings is 4. The number of ketones is 2. The van der Waals surface area contributed by atoms with E-state index in [1.54, 1.807) is 0 Å². The van der Waals surface area contributed by atoms with Gasteiger partial charge in [-0.05, 0) is 48.5 Å². The van der Waals surface area contributed by atoms with Crippen LogP contribution in [-0.4, -0.2) is 52.4 Å². The number of hydrogen-bond acceptors (Lipinski definition) is 10. The van der Waals surface area contributed by atoms with Crippen LogP contribution in [0.5, 0.6) is 46.0 Å². The molecule has 4 aromatic carbocycles. The normalized spacial score (nSPS) is 10.2. The van der Waals surface area contributed by atoms with Crippen molar-refractivity contribution in [3.63, 3.8) is 0 Å². The molecule has 0 radical (unpaired) electrons. The van der Waals surface area contributed by atoms with Gasteiger partial charge in [0.25, 0.3) is 0 Å². The molecule has 0 bridgehead atoms. The lowest BCUT2D eigenvalue weighted by Crippen LogP contribution is -2.01. The van der Waals surface area contributed by atoms with Crippen LogP contribution in [0.25, 0.3) is 0 Å². The van der Waals surface area contributed by atoms with Crippen molar-refractivity contribution in [2.45, 2.75) is 0 Å². The highest BCUT2D eigenvalue weighted by molar-refractivity contribution is 6.12. The van der Waals surface area contributed by atoms with Crippen molar-refractivity contribution in [2.24, 2.45) is 0 Å². The Hall–Kier alpha value is -5.38. The zero-order valence-electron chi connectivity index (χ0n) is 18.3. The molecular weight excluding hydrogens is 472 g/mol. The number of phenolic OH excluding ortho intramolecular Hbond substituents is 8. The molecule has 0 amide bonds. The Morgan fingerprint density at radius 3 is 1.14 bits per heavy atom. The predicted molar refractivity (Wildman–Crippen MR) is 126 cm³/mol. The highest BCUT2D eigenvalue weighted by Gasteiger charge is 2.19. The summed E-state index contributed by atoms with van der Waals surface area (Å²) in [6.45, 7) is 0. The molecule has 0 aliphatic rings. The highest BCUT2D eigenvalue weighted by Crippen LogP contribution is 2.39. The molecule has 0 saturated heterocycles. The van der Waals surface area contributed by atoms with E-state index < -0.39 is 46.1 Å². The van der Waals surface area contributed by atoms with Crippen molar-refractivity contribution in [3.05, 3.63) is 95.1 Å². The summed E-state index contributed by atoms with van der Waals surface area (Å²) in [7, 11) is 0. The van der Waals surface area contributed by atoms with Crippen LogP contribution in [0.3, 0.4) is 0 Å². The van der Waals surface area contributed by atoms with Crippen LogP contribution in [-0.2, 0) is 0 Å². The van der Waals surface area contributed by atoms with Gasteiger partial charge in [-0.2, -0.15) is 0 Å². The smallest absolute Gasteiger partial charge is 0.201 e. The molecule has 0 unspecified atom stereocenters. The van der Waals surface area contributed by atoms with E-state index in [1.807, 2.05) is 0 Å². The van der Waals surface area contributed by atoms with Gasteiger partial charge in [0.15, 0.2) is 34.6 Å². The van der Waals surface area contributed by atoms with E-state index in [4.69, 9.17) is 10.2 Å². The lowest BCUT2D eigenvalue weighted by molar-refractivity contribution is 0.102. The first-order chi connectivity index (χ1) is 17.0. The van der Waals surface area contributed by atoms with Gasteiger partial charge in [-0.15, -0.1) is 0 Å². The number of hydrogen-bond donors (Lipinski definition) is 8. The maximum absolute atomic E-state index is 12.0. The molecule has 0 aliphatic carbocycles. The molecule has 10 heteroatoms. The quantitative estimate of drug-likeness (QED) is 0.154. The van der Waals surface area contributed by atoms with Gasteiger partial charge in [-0.25, -0.2) is 0 Å². The first kappa shape index (κ1) is 25.2. The van der Waals surface area contributed by atoms with Gasteiger partial charge in [0.2, 0.25) is 11.5 Å². The van der Waals surface area contributed by atoms with Crippen molar-refractivity contribution in [1.82, 2.24) is 0 Å². The Labute approximate surface area is 203 Å².